The van der Waals surface area contributed by atoms with Gasteiger partial charge in [-0.3, -0.25) is 0 Å². The van der Waals surface area contributed by atoms with E-state index < -0.39 is 28.8 Å². The molecule has 0 saturated heterocycles. The van der Waals surface area contributed by atoms with Crippen molar-refractivity contribution in [1.29, 1.82) is 0 Å². The van der Waals surface area contributed by atoms with Crippen molar-refractivity contribution in [2.75, 3.05) is 6.54 Å². The van der Waals surface area contributed by atoms with Gasteiger partial charge in [0.05, 0.1) is 17.0 Å². The molecule has 1 aliphatic heterocycles. The Bertz CT molecular complexity index is 874. The Kier molecular flexibility index (Phi) is 4.49. The van der Waals surface area contributed by atoms with E-state index in [0.717, 1.165) is 0 Å². The molecule has 0 N–H and O–H groups in total. The van der Waals surface area contributed by atoms with Gasteiger partial charge in [-0.15, -0.1) is 0 Å². The topological polar surface area (TPSA) is 3.24 Å². The normalized spacial score (nSPS) is 14.8. The molecule has 0 radical (unpaired) electrons. The van der Waals surface area contributed by atoms with Gasteiger partial charge in [0.15, 0.2) is 0 Å². The summed E-state index contributed by atoms with van der Waals surface area (Å²) in [6.07, 6.45) is 1.20. The second-order valence-electron chi connectivity index (χ2n) is 5.56. The fraction of sp³-hybridized carbons (Fsp3) is 0.100. The Labute approximate surface area is 143 Å². The van der Waals surface area contributed by atoms with E-state index in [4.69, 9.17) is 0 Å². The number of rotatable bonds is 3. The van der Waals surface area contributed by atoms with Crippen molar-refractivity contribution >= 4 is 11.3 Å². The third-order valence-corrected chi connectivity index (χ3v) is 4.04. The molecule has 0 bridgehead atoms. The van der Waals surface area contributed by atoms with Crippen molar-refractivity contribution in [3.05, 3.63) is 95.2 Å². The number of benzene rings is 2. The number of allylic oxidation sites excluding steroid dienone is 3. The maximum atomic E-state index is 14.4. The maximum absolute atomic E-state index is 14.4. The fourth-order valence-corrected chi connectivity index (χ4v) is 2.91. The van der Waals surface area contributed by atoms with Gasteiger partial charge in [-0.1, -0.05) is 36.9 Å². The number of likely N-dealkylation sites (N-methyl/N-ethyl adjacent to an activating group) is 1. The molecule has 0 aliphatic carbocycles. The monoisotopic (exact) mass is 345 g/mol. The average molecular weight is 345 g/mol. The molecule has 25 heavy (non-hydrogen) atoms. The zero-order valence-electron chi connectivity index (χ0n) is 13.5. The molecule has 0 unspecified atom stereocenters. The summed E-state index contributed by atoms with van der Waals surface area (Å²) in [5.74, 6) is -3.71. The van der Waals surface area contributed by atoms with Crippen LogP contribution < -0.4 is 0 Å². The van der Waals surface area contributed by atoms with Gasteiger partial charge >= 0.3 is 0 Å². The van der Waals surface area contributed by atoms with Gasteiger partial charge in [0.1, 0.15) is 23.3 Å². The van der Waals surface area contributed by atoms with Gasteiger partial charge in [-0.25, -0.2) is 17.6 Å². The highest BCUT2D eigenvalue weighted by Crippen LogP contribution is 2.41. The summed E-state index contributed by atoms with van der Waals surface area (Å²) < 4.78 is 56.5. The van der Waals surface area contributed by atoms with Gasteiger partial charge in [-0.2, -0.15) is 0 Å². The second kappa shape index (κ2) is 6.59. The van der Waals surface area contributed by atoms with Gasteiger partial charge in [-0.05, 0) is 18.6 Å². The first-order valence-electron chi connectivity index (χ1n) is 7.72. The molecule has 0 saturated carbocycles. The quantitative estimate of drug-likeness (QED) is 0.648. The van der Waals surface area contributed by atoms with E-state index in [2.05, 4.69) is 6.58 Å². The van der Waals surface area contributed by atoms with Crippen LogP contribution in [0.1, 0.15) is 18.1 Å². The molecular formula is C20H15F4N. The molecule has 1 heterocycles. The number of halogens is 4. The van der Waals surface area contributed by atoms with Crippen LogP contribution in [0.3, 0.4) is 0 Å². The van der Waals surface area contributed by atoms with Crippen LogP contribution in [0.5, 0.6) is 0 Å². The first-order chi connectivity index (χ1) is 11.9. The summed E-state index contributed by atoms with van der Waals surface area (Å²) in [7, 11) is 0. The van der Waals surface area contributed by atoms with Crippen molar-refractivity contribution < 1.29 is 17.6 Å². The lowest BCUT2D eigenvalue weighted by molar-refractivity contribution is 0.467. The maximum Gasteiger partial charge on any atom is 0.146 e. The van der Waals surface area contributed by atoms with Gasteiger partial charge in [0, 0.05) is 24.3 Å². The van der Waals surface area contributed by atoms with Crippen molar-refractivity contribution in [1.82, 2.24) is 4.90 Å². The predicted molar refractivity (Wildman–Crippen MR) is 90.3 cm³/mol. The zero-order valence-corrected chi connectivity index (χ0v) is 13.5. The third-order valence-electron chi connectivity index (χ3n) is 4.04. The van der Waals surface area contributed by atoms with Crippen LogP contribution in [0.15, 0.2) is 66.6 Å². The standard InChI is InChI=1S/C20H15F4N/c1-3-25-12(2)16(22)11-15(13-7-5-4-6-8-13)20(25)19-17(23)9-14(21)10-18(19)24/h4-11H,2-3H2,1H3. The van der Waals surface area contributed by atoms with Crippen molar-refractivity contribution in [3.63, 3.8) is 0 Å². The lowest BCUT2D eigenvalue weighted by Crippen LogP contribution is -2.26. The smallest absolute Gasteiger partial charge is 0.146 e. The summed E-state index contributed by atoms with van der Waals surface area (Å²) in [4.78, 5) is 1.39. The highest BCUT2D eigenvalue weighted by atomic mass is 19.1. The van der Waals surface area contributed by atoms with E-state index in [1.807, 2.05) is 0 Å². The minimum atomic E-state index is -1.05. The van der Waals surface area contributed by atoms with E-state index in [1.165, 1.54) is 11.0 Å². The van der Waals surface area contributed by atoms with Crippen LogP contribution in [0.2, 0.25) is 0 Å². The summed E-state index contributed by atoms with van der Waals surface area (Å²) in [6, 6.07) is 9.90. The molecule has 0 aromatic heterocycles. The molecule has 3 rings (SSSR count). The molecular weight excluding hydrogens is 330 g/mol. The summed E-state index contributed by atoms with van der Waals surface area (Å²) in [5.41, 5.74) is 0.598. The highest BCUT2D eigenvalue weighted by Gasteiger charge is 2.29. The summed E-state index contributed by atoms with van der Waals surface area (Å²) >= 11 is 0. The number of hydrogen-bond donors (Lipinski definition) is 0. The molecule has 0 amide bonds. The zero-order chi connectivity index (χ0) is 18.1. The van der Waals surface area contributed by atoms with Gasteiger partial charge in [0.25, 0.3) is 0 Å². The summed E-state index contributed by atoms with van der Waals surface area (Å²) in [6.45, 7) is 5.61. The fourth-order valence-electron chi connectivity index (χ4n) is 2.91. The van der Waals surface area contributed by atoms with Crippen LogP contribution >= 0.6 is 0 Å². The molecule has 128 valence electrons. The molecule has 0 spiro atoms. The number of nitrogens with zero attached hydrogens (tertiary/aromatic N) is 1. The Morgan fingerprint density at radius 1 is 0.960 bits per heavy atom. The van der Waals surface area contributed by atoms with E-state index in [1.54, 1.807) is 37.3 Å². The molecule has 2 aromatic carbocycles. The van der Waals surface area contributed by atoms with E-state index in [9.17, 15) is 17.6 Å². The minimum Gasteiger partial charge on any atom is -0.339 e. The second-order valence-corrected chi connectivity index (χ2v) is 5.56. The molecule has 5 heteroatoms. The lowest BCUT2D eigenvalue weighted by atomic mass is 9.94. The number of hydrogen-bond acceptors (Lipinski definition) is 1. The van der Waals surface area contributed by atoms with Crippen molar-refractivity contribution in [3.8, 4) is 0 Å². The summed E-state index contributed by atoms with van der Waals surface area (Å²) in [5, 5.41) is 0. The van der Waals surface area contributed by atoms with E-state index >= 15 is 0 Å². The Hall–Kier alpha value is -2.82. The molecule has 1 aliphatic rings. The van der Waals surface area contributed by atoms with E-state index in [-0.39, 0.29) is 17.9 Å². The lowest BCUT2D eigenvalue weighted by Gasteiger charge is -2.33. The van der Waals surface area contributed by atoms with Gasteiger partial charge in [0.2, 0.25) is 0 Å². The molecule has 1 nitrogen and oxygen atoms in total. The largest absolute Gasteiger partial charge is 0.339 e. The van der Waals surface area contributed by atoms with Gasteiger partial charge < -0.3 is 4.90 Å². The first-order valence-corrected chi connectivity index (χ1v) is 7.72. The van der Waals surface area contributed by atoms with Crippen molar-refractivity contribution in [2.45, 2.75) is 6.92 Å². The highest BCUT2D eigenvalue weighted by molar-refractivity contribution is 5.97. The molecule has 0 atom stereocenters. The first kappa shape index (κ1) is 17.0. The Morgan fingerprint density at radius 2 is 1.56 bits per heavy atom. The Balaban J connectivity index is 2.38. The third kappa shape index (κ3) is 2.97. The molecule has 0 fully saturated rings. The average Bonchev–Trinajstić information content (AvgIpc) is 2.58. The minimum absolute atomic E-state index is 0.000283. The van der Waals surface area contributed by atoms with Crippen LogP contribution in [0.25, 0.3) is 11.3 Å². The van der Waals surface area contributed by atoms with Crippen LogP contribution in [-0.2, 0) is 0 Å². The SMILES string of the molecule is C=C1C(F)=CC(c2ccccc2)=C(c2c(F)cc(F)cc2F)N1CC. The predicted octanol–water partition coefficient (Wildman–Crippen LogP) is 5.67. The molecule has 2 aromatic rings. The van der Waals surface area contributed by atoms with Crippen LogP contribution in [0, 0.1) is 17.5 Å². The van der Waals surface area contributed by atoms with Crippen molar-refractivity contribution in [2.24, 2.45) is 0 Å². The Morgan fingerprint density at radius 3 is 2.12 bits per heavy atom. The van der Waals surface area contributed by atoms with Crippen LogP contribution in [-0.4, -0.2) is 11.4 Å². The van der Waals surface area contributed by atoms with Crippen LogP contribution in [0.4, 0.5) is 17.6 Å². The van der Waals surface area contributed by atoms with E-state index in [0.29, 0.717) is 23.3 Å².